The third kappa shape index (κ3) is 1.79. The lowest BCUT2D eigenvalue weighted by atomic mass is 9.53. The molecule has 1 N–H and O–H groups in total. The summed E-state index contributed by atoms with van der Waals surface area (Å²) < 4.78 is 2.01. The van der Waals surface area contributed by atoms with Crippen molar-refractivity contribution in [1.29, 1.82) is 0 Å². The number of nitrogens with zero attached hydrogens (tertiary/aromatic N) is 3. The molecule has 0 spiro atoms. The maximum Gasteiger partial charge on any atom is 0.311 e. The van der Waals surface area contributed by atoms with E-state index >= 15 is 0 Å². The average Bonchev–Trinajstić information content (AvgIpc) is 2.68. The van der Waals surface area contributed by atoms with Gasteiger partial charge in [-0.1, -0.05) is 0 Å². The number of hydrogen-bond donors (Lipinski definition) is 1. The van der Waals surface area contributed by atoms with Crippen LogP contribution in [0.3, 0.4) is 0 Å². The maximum atomic E-state index is 11.1. The van der Waals surface area contributed by atoms with Gasteiger partial charge in [0.2, 0.25) is 0 Å². The predicted molar refractivity (Wildman–Crippen MR) is 72.2 cm³/mol. The van der Waals surface area contributed by atoms with Crippen LogP contribution in [0, 0.1) is 24.7 Å². The molecule has 4 fully saturated rings. The molecule has 4 aliphatic rings. The third-order valence-electron chi connectivity index (χ3n) is 5.54. The van der Waals surface area contributed by atoms with Gasteiger partial charge in [0, 0.05) is 0 Å². The first-order valence-corrected chi connectivity index (χ1v) is 7.69. The summed E-state index contributed by atoms with van der Waals surface area (Å²) in [5.41, 5.74) is 0.0702. The SMILES string of the molecule is Cc1nc(CC(=O)O)n(C23CC4CC(CC(C4)C2)C3)n1. The van der Waals surface area contributed by atoms with Crippen LogP contribution in [-0.4, -0.2) is 25.8 Å². The Hall–Kier alpha value is -1.39. The summed E-state index contributed by atoms with van der Waals surface area (Å²) in [4.78, 5) is 15.5. The zero-order valence-electron chi connectivity index (χ0n) is 11.9. The van der Waals surface area contributed by atoms with Crippen molar-refractivity contribution in [2.75, 3.05) is 0 Å². The molecule has 5 heteroatoms. The molecule has 20 heavy (non-hydrogen) atoms. The first-order valence-electron chi connectivity index (χ1n) is 7.69. The minimum atomic E-state index is -0.816. The van der Waals surface area contributed by atoms with Crippen LogP contribution < -0.4 is 0 Å². The molecule has 1 heterocycles. The second-order valence-corrected chi connectivity index (χ2v) is 7.20. The molecular weight excluding hydrogens is 254 g/mol. The summed E-state index contributed by atoms with van der Waals surface area (Å²) in [6, 6.07) is 0. The number of carboxylic acids is 1. The van der Waals surface area contributed by atoms with E-state index < -0.39 is 5.97 Å². The van der Waals surface area contributed by atoms with Gasteiger partial charge >= 0.3 is 5.97 Å². The number of carboxylic acid groups (broad SMARTS) is 1. The summed E-state index contributed by atoms with van der Waals surface area (Å²) in [7, 11) is 0. The van der Waals surface area contributed by atoms with E-state index in [-0.39, 0.29) is 12.0 Å². The van der Waals surface area contributed by atoms with Crippen molar-refractivity contribution in [3.8, 4) is 0 Å². The summed E-state index contributed by atoms with van der Waals surface area (Å²) in [6.45, 7) is 1.86. The molecule has 1 aromatic rings. The highest BCUT2D eigenvalue weighted by molar-refractivity contribution is 5.69. The summed E-state index contributed by atoms with van der Waals surface area (Å²) in [5, 5.41) is 13.7. The van der Waals surface area contributed by atoms with Crippen LogP contribution in [0.2, 0.25) is 0 Å². The van der Waals surface area contributed by atoms with Crippen LogP contribution in [0.4, 0.5) is 0 Å². The molecule has 0 radical (unpaired) electrons. The van der Waals surface area contributed by atoms with E-state index in [1.54, 1.807) is 0 Å². The zero-order valence-corrected chi connectivity index (χ0v) is 11.9. The average molecular weight is 275 g/mol. The fraction of sp³-hybridized carbons (Fsp3) is 0.800. The molecule has 4 saturated carbocycles. The highest BCUT2D eigenvalue weighted by Gasteiger charge is 2.53. The van der Waals surface area contributed by atoms with Crippen LogP contribution in [0.25, 0.3) is 0 Å². The minimum absolute atomic E-state index is 0.0113. The maximum absolute atomic E-state index is 11.1. The molecule has 0 unspecified atom stereocenters. The normalized spacial score (nSPS) is 38.4. The van der Waals surface area contributed by atoms with Crippen molar-refractivity contribution in [3.05, 3.63) is 11.6 Å². The van der Waals surface area contributed by atoms with Gasteiger partial charge in [-0.15, -0.1) is 0 Å². The summed E-state index contributed by atoms with van der Waals surface area (Å²) >= 11 is 0. The van der Waals surface area contributed by atoms with E-state index in [0.29, 0.717) is 11.6 Å². The molecule has 1 aromatic heterocycles. The lowest BCUT2D eigenvalue weighted by molar-refractivity contribution is -0.136. The Bertz CT molecular complexity index is 528. The van der Waals surface area contributed by atoms with Crippen molar-refractivity contribution in [3.63, 3.8) is 0 Å². The van der Waals surface area contributed by atoms with E-state index in [0.717, 1.165) is 17.8 Å². The fourth-order valence-electron chi connectivity index (χ4n) is 5.41. The van der Waals surface area contributed by atoms with Crippen LogP contribution in [0.15, 0.2) is 0 Å². The predicted octanol–water partition coefficient (Wildman–Crippen LogP) is 2.14. The summed E-state index contributed by atoms with van der Waals surface area (Å²) in [5.74, 6) is 3.01. The van der Waals surface area contributed by atoms with E-state index in [1.165, 1.54) is 38.5 Å². The van der Waals surface area contributed by atoms with Gasteiger partial charge in [0.15, 0.2) is 0 Å². The van der Waals surface area contributed by atoms with Gasteiger partial charge in [-0.05, 0) is 63.2 Å². The van der Waals surface area contributed by atoms with E-state index in [4.69, 9.17) is 5.11 Å². The number of aliphatic carboxylic acids is 1. The molecule has 5 rings (SSSR count). The minimum Gasteiger partial charge on any atom is -0.481 e. The van der Waals surface area contributed by atoms with Crippen molar-refractivity contribution in [2.24, 2.45) is 17.8 Å². The highest BCUT2D eigenvalue weighted by Crippen LogP contribution is 2.58. The largest absolute Gasteiger partial charge is 0.481 e. The van der Waals surface area contributed by atoms with Gasteiger partial charge < -0.3 is 5.11 Å². The molecular formula is C15H21N3O2. The molecule has 0 amide bonds. The number of aromatic nitrogens is 3. The quantitative estimate of drug-likeness (QED) is 0.917. The van der Waals surface area contributed by atoms with Gasteiger partial charge in [0.1, 0.15) is 18.1 Å². The molecule has 4 aliphatic carbocycles. The first-order chi connectivity index (χ1) is 9.54. The van der Waals surface area contributed by atoms with Crippen LogP contribution >= 0.6 is 0 Å². The standard InChI is InChI=1S/C15H21N3O2/c1-9-16-13(5-14(19)20)18(17-9)15-6-10-2-11(7-15)4-12(3-10)8-15/h10-12H,2-8H2,1H3,(H,19,20). The number of aryl methyl sites for hydroxylation is 1. The van der Waals surface area contributed by atoms with E-state index in [9.17, 15) is 4.79 Å². The molecule has 0 aromatic carbocycles. The second-order valence-electron chi connectivity index (χ2n) is 7.20. The van der Waals surface area contributed by atoms with Crippen LogP contribution in [-0.2, 0) is 16.8 Å². The fourth-order valence-corrected chi connectivity index (χ4v) is 5.41. The Kier molecular flexibility index (Phi) is 2.51. The van der Waals surface area contributed by atoms with Crippen molar-refractivity contribution in [2.45, 2.75) is 57.4 Å². The number of rotatable bonds is 3. The number of carbonyl (C=O) groups is 1. The van der Waals surface area contributed by atoms with Crippen molar-refractivity contribution < 1.29 is 9.90 Å². The van der Waals surface area contributed by atoms with E-state index in [1.807, 2.05) is 11.6 Å². The van der Waals surface area contributed by atoms with Crippen molar-refractivity contribution >= 4 is 5.97 Å². The van der Waals surface area contributed by atoms with Gasteiger partial charge in [-0.2, -0.15) is 5.10 Å². The Morgan fingerprint density at radius 1 is 1.25 bits per heavy atom. The highest BCUT2D eigenvalue weighted by atomic mass is 16.4. The molecule has 0 saturated heterocycles. The van der Waals surface area contributed by atoms with Gasteiger partial charge in [-0.3, -0.25) is 4.79 Å². The topological polar surface area (TPSA) is 68.0 Å². The molecule has 4 bridgehead atoms. The smallest absolute Gasteiger partial charge is 0.311 e. The number of hydrogen-bond acceptors (Lipinski definition) is 3. The molecule has 5 nitrogen and oxygen atoms in total. The van der Waals surface area contributed by atoms with Crippen LogP contribution in [0.5, 0.6) is 0 Å². The van der Waals surface area contributed by atoms with Crippen molar-refractivity contribution in [1.82, 2.24) is 14.8 Å². The van der Waals surface area contributed by atoms with Gasteiger partial charge in [0.05, 0.1) is 5.54 Å². The Balaban J connectivity index is 1.75. The van der Waals surface area contributed by atoms with Gasteiger partial charge in [-0.25, -0.2) is 9.67 Å². The molecule has 0 aliphatic heterocycles. The Morgan fingerprint density at radius 3 is 2.30 bits per heavy atom. The van der Waals surface area contributed by atoms with Gasteiger partial charge in [0.25, 0.3) is 0 Å². The van der Waals surface area contributed by atoms with E-state index in [2.05, 4.69) is 10.1 Å². The van der Waals surface area contributed by atoms with Crippen LogP contribution in [0.1, 0.15) is 50.2 Å². The Labute approximate surface area is 118 Å². The lowest BCUT2D eigenvalue weighted by Gasteiger charge is -2.56. The monoisotopic (exact) mass is 275 g/mol. The first kappa shape index (κ1) is 12.4. The zero-order chi connectivity index (χ0) is 13.9. The lowest BCUT2D eigenvalue weighted by Crippen LogP contribution is -2.52. The summed E-state index contributed by atoms with van der Waals surface area (Å²) in [6.07, 6.45) is 7.64. The second kappa shape index (κ2) is 4.06. The third-order valence-corrected chi connectivity index (χ3v) is 5.54. The Morgan fingerprint density at radius 2 is 1.80 bits per heavy atom. The molecule has 108 valence electrons. The molecule has 0 atom stereocenters.